The van der Waals surface area contributed by atoms with Gasteiger partial charge in [-0.1, -0.05) is 0 Å². The Morgan fingerprint density at radius 1 is 1.00 bits per heavy atom. The van der Waals surface area contributed by atoms with Crippen molar-refractivity contribution in [3.63, 3.8) is 0 Å². The lowest BCUT2D eigenvalue weighted by Gasteiger charge is -2.04. The summed E-state index contributed by atoms with van der Waals surface area (Å²) in [5.41, 5.74) is -1.19. The summed E-state index contributed by atoms with van der Waals surface area (Å²) in [5, 5.41) is 0. The largest absolute Gasteiger partial charge is 0.282 e. The highest BCUT2D eigenvalue weighted by Crippen LogP contribution is 2.24. The quantitative estimate of drug-likeness (QED) is 0.403. The molecule has 0 spiro atoms. The van der Waals surface area contributed by atoms with E-state index in [0.717, 1.165) is 0 Å². The molecule has 2 nitrogen and oxygen atoms in total. The monoisotopic (exact) mass is 440 g/mol. The SMILES string of the molecule is O=C(I)c1cc(F)c(F)c(F)c1C(=O)I. The van der Waals surface area contributed by atoms with Crippen LogP contribution in [-0.4, -0.2) is 7.58 Å². The van der Waals surface area contributed by atoms with Crippen LogP contribution in [0.1, 0.15) is 20.7 Å². The summed E-state index contributed by atoms with van der Waals surface area (Å²) in [7, 11) is 0. The first-order valence-electron chi connectivity index (χ1n) is 3.43. The van der Waals surface area contributed by atoms with Gasteiger partial charge in [-0.15, -0.1) is 0 Å². The predicted molar refractivity (Wildman–Crippen MR) is 63.0 cm³/mol. The van der Waals surface area contributed by atoms with Crippen LogP contribution < -0.4 is 0 Å². The van der Waals surface area contributed by atoms with Gasteiger partial charge in [0.1, 0.15) is 0 Å². The molecule has 0 fully saturated rings. The summed E-state index contributed by atoms with van der Waals surface area (Å²) < 4.78 is 37.1. The number of benzene rings is 1. The van der Waals surface area contributed by atoms with Crippen LogP contribution in [0.3, 0.4) is 0 Å². The smallest absolute Gasteiger partial charge is 0.226 e. The summed E-state index contributed by atoms with van der Waals surface area (Å²) in [6.07, 6.45) is 0. The number of hydrogen-bond donors (Lipinski definition) is 0. The van der Waals surface area contributed by atoms with Gasteiger partial charge in [-0.25, -0.2) is 13.2 Å². The maximum atomic E-state index is 13.1. The normalized spacial score (nSPS) is 10.2. The molecule has 0 atom stereocenters. The Balaban J connectivity index is 3.65. The lowest BCUT2D eigenvalue weighted by molar-refractivity contribution is 0.107. The molecule has 0 aromatic heterocycles. The molecule has 0 saturated carbocycles. The van der Waals surface area contributed by atoms with Gasteiger partial charge in [0, 0.05) is 50.7 Å². The highest BCUT2D eigenvalue weighted by Gasteiger charge is 2.24. The summed E-state index contributed by atoms with van der Waals surface area (Å²) in [4.78, 5) is 21.9. The Kier molecular flexibility index (Phi) is 4.09. The Morgan fingerprint density at radius 2 is 1.53 bits per heavy atom. The predicted octanol–water partition coefficient (Wildman–Crippen LogP) is 3.25. The van der Waals surface area contributed by atoms with E-state index in [9.17, 15) is 22.8 Å². The van der Waals surface area contributed by atoms with Gasteiger partial charge in [0.25, 0.3) is 0 Å². The van der Waals surface area contributed by atoms with Crippen LogP contribution in [0.15, 0.2) is 6.07 Å². The third kappa shape index (κ3) is 2.49. The zero-order valence-corrected chi connectivity index (χ0v) is 11.1. The molecule has 1 aromatic carbocycles. The molecule has 0 amide bonds. The highest BCUT2D eigenvalue weighted by molar-refractivity contribution is 14.1. The van der Waals surface area contributed by atoms with Crippen LogP contribution in [-0.2, 0) is 0 Å². The average Bonchev–Trinajstić information content (AvgIpc) is 2.12. The molecule has 0 radical (unpaired) electrons. The van der Waals surface area contributed by atoms with Crippen LogP contribution >= 0.6 is 45.2 Å². The van der Waals surface area contributed by atoms with Crippen molar-refractivity contribution in [2.24, 2.45) is 0 Å². The Morgan fingerprint density at radius 3 is 1.93 bits per heavy atom. The number of carbonyl (C=O) groups excluding carboxylic acids is 2. The topological polar surface area (TPSA) is 34.1 Å². The molecule has 0 aliphatic rings. The van der Waals surface area contributed by atoms with Crippen LogP contribution in [0, 0.1) is 17.5 Å². The van der Waals surface area contributed by atoms with Gasteiger partial charge < -0.3 is 0 Å². The molecule has 80 valence electrons. The molecule has 7 heteroatoms. The first kappa shape index (κ1) is 12.9. The van der Waals surface area contributed by atoms with Crippen LogP contribution in [0.4, 0.5) is 13.2 Å². The highest BCUT2D eigenvalue weighted by atomic mass is 127. The maximum Gasteiger partial charge on any atom is 0.226 e. The first-order valence-corrected chi connectivity index (χ1v) is 5.59. The standard InChI is InChI=1S/C8HF3I2O2/c9-3-1-2(7(12)14)4(8(13)15)6(11)5(3)10/h1H. The summed E-state index contributed by atoms with van der Waals surface area (Å²) >= 11 is 2.46. The van der Waals surface area contributed by atoms with E-state index in [-0.39, 0.29) is 0 Å². The zero-order valence-electron chi connectivity index (χ0n) is 6.78. The minimum atomic E-state index is -1.75. The fourth-order valence-corrected chi connectivity index (χ4v) is 1.89. The van der Waals surface area contributed by atoms with E-state index in [4.69, 9.17) is 0 Å². The molecule has 1 aromatic rings. The zero-order chi connectivity index (χ0) is 11.7. The van der Waals surface area contributed by atoms with Gasteiger partial charge in [0.2, 0.25) is 7.58 Å². The van der Waals surface area contributed by atoms with E-state index in [1.807, 2.05) is 0 Å². The van der Waals surface area contributed by atoms with Gasteiger partial charge in [-0.2, -0.15) is 0 Å². The van der Waals surface area contributed by atoms with Crippen molar-refractivity contribution in [2.75, 3.05) is 0 Å². The second-order valence-corrected chi connectivity index (χ2v) is 4.42. The summed E-state index contributed by atoms with van der Waals surface area (Å²) in [6, 6.07) is 0.513. The van der Waals surface area contributed by atoms with Crippen LogP contribution in [0.2, 0.25) is 0 Å². The van der Waals surface area contributed by atoms with Crippen molar-refractivity contribution < 1.29 is 22.8 Å². The molecule has 0 heterocycles. The van der Waals surface area contributed by atoms with Crippen molar-refractivity contribution in [2.45, 2.75) is 0 Å². The molecular weight excluding hydrogens is 439 g/mol. The molecule has 15 heavy (non-hydrogen) atoms. The number of carbonyl (C=O) groups is 2. The third-order valence-corrected chi connectivity index (χ3v) is 2.69. The van der Waals surface area contributed by atoms with Crippen molar-refractivity contribution >= 4 is 52.8 Å². The second-order valence-electron chi connectivity index (χ2n) is 2.46. The lowest BCUT2D eigenvalue weighted by atomic mass is 10.1. The number of hydrogen-bond acceptors (Lipinski definition) is 2. The fraction of sp³-hybridized carbons (Fsp3) is 0. The average molecular weight is 440 g/mol. The molecule has 0 unspecified atom stereocenters. The van der Waals surface area contributed by atoms with Crippen LogP contribution in [0.25, 0.3) is 0 Å². The molecule has 0 aliphatic heterocycles. The van der Waals surface area contributed by atoms with Crippen molar-refractivity contribution in [3.05, 3.63) is 34.6 Å². The van der Waals surface area contributed by atoms with Crippen molar-refractivity contribution in [1.29, 1.82) is 0 Å². The van der Waals surface area contributed by atoms with Gasteiger partial charge in [-0.05, 0) is 6.07 Å². The van der Waals surface area contributed by atoms with Gasteiger partial charge in [0.05, 0.1) is 5.56 Å². The third-order valence-electron chi connectivity index (χ3n) is 1.57. The van der Waals surface area contributed by atoms with Crippen molar-refractivity contribution in [1.82, 2.24) is 0 Å². The second kappa shape index (κ2) is 4.76. The van der Waals surface area contributed by atoms with Gasteiger partial charge in [0.15, 0.2) is 17.5 Å². The van der Waals surface area contributed by atoms with E-state index in [2.05, 4.69) is 0 Å². The Hall–Kier alpha value is -0.190. The van der Waals surface area contributed by atoms with Gasteiger partial charge in [-0.3, -0.25) is 9.59 Å². The molecular formula is C8HF3I2O2. The van der Waals surface area contributed by atoms with Crippen molar-refractivity contribution in [3.8, 4) is 0 Å². The maximum absolute atomic E-state index is 13.1. The van der Waals surface area contributed by atoms with E-state index >= 15 is 0 Å². The molecule has 0 bridgehead atoms. The van der Waals surface area contributed by atoms with Gasteiger partial charge >= 0.3 is 0 Å². The fourth-order valence-electron chi connectivity index (χ4n) is 0.942. The minimum absolute atomic E-state index is 0.466. The van der Waals surface area contributed by atoms with E-state index in [0.29, 0.717) is 6.07 Å². The van der Waals surface area contributed by atoms with E-state index in [1.165, 1.54) is 45.2 Å². The first-order chi connectivity index (χ1) is 6.86. The molecule has 1 rings (SSSR count). The molecule has 0 saturated heterocycles. The number of rotatable bonds is 2. The molecule has 0 aliphatic carbocycles. The lowest BCUT2D eigenvalue weighted by Crippen LogP contribution is -2.08. The summed E-state index contributed by atoms with van der Waals surface area (Å²) in [6.45, 7) is 0. The van der Waals surface area contributed by atoms with E-state index < -0.39 is 36.2 Å². The van der Waals surface area contributed by atoms with E-state index in [1.54, 1.807) is 0 Å². The Labute approximate surface area is 110 Å². The minimum Gasteiger partial charge on any atom is -0.282 e. The summed E-state index contributed by atoms with van der Waals surface area (Å²) in [5.74, 6) is -4.88. The Bertz CT molecular complexity index is 460. The number of halogens is 5. The molecule has 0 N–H and O–H groups in total. The van der Waals surface area contributed by atoms with Crippen LogP contribution in [0.5, 0.6) is 0 Å².